The molecule has 0 aromatic carbocycles. The molecule has 3 heterocycles. The van der Waals surface area contributed by atoms with Gasteiger partial charge >= 0.3 is 0 Å². The van der Waals surface area contributed by atoms with Crippen molar-refractivity contribution in [2.24, 2.45) is 7.05 Å². The van der Waals surface area contributed by atoms with Gasteiger partial charge in [-0.2, -0.15) is 10.2 Å². The fraction of sp³-hybridized carbons (Fsp3) is 0.588. The molecule has 1 aliphatic carbocycles. The number of rotatable bonds is 2. The number of likely N-dealkylation sites (tertiary alicyclic amines) is 1. The van der Waals surface area contributed by atoms with E-state index in [9.17, 15) is 4.79 Å². The Hall–Kier alpha value is -2.11. The summed E-state index contributed by atoms with van der Waals surface area (Å²) in [5.41, 5.74) is 4.26. The minimum absolute atomic E-state index is 0.146. The second-order valence-electron chi connectivity index (χ2n) is 6.71. The summed E-state index contributed by atoms with van der Waals surface area (Å²) in [6, 6.07) is 2.02. The lowest BCUT2D eigenvalue weighted by molar-refractivity contribution is 0.0693. The number of carbonyl (C=O) groups is 1. The third-order valence-corrected chi connectivity index (χ3v) is 5.19. The molecule has 2 aromatic heterocycles. The van der Waals surface area contributed by atoms with E-state index in [0.717, 1.165) is 62.3 Å². The lowest BCUT2D eigenvalue weighted by Gasteiger charge is -2.32. The third kappa shape index (κ3) is 2.56. The zero-order valence-corrected chi connectivity index (χ0v) is 13.6. The molecule has 122 valence electrons. The zero-order valence-electron chi connectivity index (χ0n) is 13.6. The van der Waals surface area contributed by atoms with Gasteiger partial charge in [0.05, 0.1) is 5.69 Å². The van der Waals surface area contributed by atoms with Crippen molar-refractivity contribution in [2.45, 2.75) is 44.4 Å². The van der Waals surface area contributed by atoms with E-state index in [1.165, 1.54) is 12.0 Å². The van der Waals surface area contributed by atoms with Gasteiger partial charge < -0.3 is 4.90 Å². The average Bonchev–Trinajstić information content (AvgIpc) is 3.21. The standard InChI is InChI=1S/C17H23N5O/c1-21-16(13-6-2-3-7-15(13)20-21)17(23)22-10-4-5-12(11-22)14-8-9-18-19-14/h8-9,12H,2-7,10-11H2,1H3,(H,18,19)/t12-/m1/s1. The first kappa shape index (κ1) is 14.5. The first-order chi connectivity index (χ1) is 11.2. The number of amides is 1. The Kier molecular flexibility index (Phi) is 3.67. The maximum absolute atomic E-state index is 13.1. The van der Waals surface area contributed by atoms with Crippen LogP contribution in [0.15, 0.2) is 12.3 Å². The molecule has 23 heavy (non-hydrogen) atoms. The fourth-order valence-corrected chi connectivity index (χ4v) is 4.01. The summed E-state index contributed by atoms with van der Waals surface area (Å²) in [6.45, 7) is 1.60. The quantitative estimate of drug-likeness (QED) is 0.922. The monoisotopic (exact) mass is 313 g/mol. The van der Waals surface area contributed by atoms with Gasteiger partial charge in [-0.05, 0) is 44.6 Å². The van der Waals surface area contributed by atoms with Crippen LogP contribution in [0.4, 0.5) is 0 Å². The van der Waals surface area contributed by atoms with Crippen LogP contribution in [0.3, 0.4) is 0 Å². The molecule has 1 amide bonds. The summed E-state index contributed by atoms with van der Waals surface area (Å²) in [5, 5.41) is 11.7. The predicted molar refractivity (Wildman–Crippen MR) is 86.3 cm³/mol. The average molecular weight is 313 g/mol. The number of hydrogen-bond donors (Lipinski definition) is 1. The van der Waals surface area contributed by atoms with Gasteiger partial charge in [0.25, 0.3) is 5.91 Å². The Morgan fingerprint density at radius 1 is 1.30 bits per heavy atom. The molecule has 1 aliphatic heterocycles. The van der Waals surface area contributed by atoms with Gasteiger partial charge in [-0.1, -0.05) is 0 Å². The first-order valence-corrected chi connectivity index (χ1v) is 8.57. The Morgan fingerprint density at radius 2 is 2.17 bits per heavy atom. The van der Waals surface area contributed by atoms with Crippen LogP contribution >= 0.6 is 0 Å². The summed E-state index contributed by atoms with van der Waals surface area (Å²) in [6.07, 6.45) is 8.27. The summed E-state index contributed by atoms with van der Waals surface area (Å²) in [4.78, 5) is 15.1. The van der Waals surface area contributed by atoms with Crippen molar-refractivity contribution >= 4 is 5.91 Å². The molecule has 0 unspecified atom stereocenters. The van der Waals surface area contributed by atoms with Gasteiger partial charge in [-0.3, -0.25) is 14.6 Å². The van der Waals surface area contributed by atoms with Crippen molar-refractivity contribution in [1.82, 2.24) is 24.9 Å². The number of H-pyrrole nitrogens is 1. The highest BCUT2D eigenvalue weighted by Gasteiger charge is 2.31. The highest BCUT2D eigenvalue weighted by atomic mass is 16.2. The summed E-state index contributed by atoms with van der Waals surface area (Å²) in [5.74, 6) is 0.506. The smallest absolute Gasteiger partial charge is 0.272 e. The number of piperidine rings is 1. The molecule has 2 aliphatic rings. The number of aryl methyl sites for hydroxylation is 2. The molecule has 2 aromatic rings. The Balaban J connectivity index is 1.58. The van der Waals surface area contributed by atoms with Crippen molar-refractivity contribution < 1.29 is 4.79 Å². The molecular formula is C17H23N5O. The van der Waals surface area contributed by atoms with Crippen LogP contribution in [-0.4, -0.2) is 43.9 Å². The number of nitrogens with one attached hydrogen (secondary N) is 1. The molecule has 0 saturated carbocycles. The third-order valence-electron chi connectivity index (χ3n) is 5.19. The molecule has 1 atom stereocenters. The molecule has 1 N–H and O–H groups in total. The van der Waals surface area contributed by atoms with Gasteiger partial charge in [-0.25, -0.2) is 0 Å². The molecule has 0 radical (unpaired) electrons. The van der Waals surface area contributed by atoms with Crippen LogP contribution in [0.1, 0.15) is 59.0 Å². The van der Waals surface area contributed by atoms with Crippen LogP contribution in [0.25, 0.3) is 0 Å². The minimum atomic E-state index is 0.146. The van der Waals surface area contributed by atoms with E-state index < -0.39 is 0 Å². The summed E-state index contributed by atoms with van der Waals surface area (Å²) < 4.78 is 1.80. The molecule has 6 heteroatoms. The second kappa shape index (κ2) is 5.83. The van der Waals surface area contributed by atoms with Crippen LogP contribution in [0, 0.1) is 0 Å². The van der Waals surface area contributed by atoms with Crippen molar-refractivity contribution in [3.05, 3.63) is 34.9 Å². The Bertz CT molecular complexity index is 703. The van der Waals surface area contributed by atoms with Crippen molar-refractivity contribution in [1.29, 1.82) is 0 Å². The number of hydrogen-bond acceptors (Lipinski definition) is 3. The van der Waals surface area contributed by atoms with Crippen LogP contribution in [-0.2, 0) is 19.9 Å². The number of aromatic amines is 1. The molecule has 4 rings (SSSR count). The van der Waals surface area contributed by atoms with Gasteiger partial charge in [0.15, 0.2) is 0 Å². The van der Waals surface area contributed by atoms with Gasteiger partial charge in [0, 0.05) is 43.5 Å². The van der Waals surface area contributed by atoms with E-state index in [4.69, 9.17) is 0 Å². The lowest BCUT2D eigenvalue weighted by atomic mass is 9.93. The number of carbonyl (C=O) groups excluding carboxylic acids is 1. The summed E-state index contributed by atoms with van der Waals surface area (Å²) >= 11 is 0. The van der Waals surface area contributed by atoms with E-state index in [1.807, 2.05) is 18.0 Å². The van der Waals surface area contributed by atoms with E-state index in [-0.39, 0.29) is 5.91 Å². The van der Waals surface area contributed by atoms with E-state index in [1.54, 1.807) is 10.9 Å². The highest BCUT2D eigenvalue weighted by Crippen LogP contribution is 2.29. The van der Waals surface area contributed by atoms with Crippen LogP contribution < -0.4 is 0 Å². The molecule has 1 fully saturated rings. The molecule has 0 bridgehead atoms. The van der Waals surface area contributed by atoms with Crippen molar-refractivity contribution in [3.63, 3.8) is 0 Å². The first-order valence-electron chi connectivity index (χ1n) is 8.57. The van der Waals surface area contributed by atoms with Crippen LogP contribution in [0.2, 0.25) is 0 Å². The minimum Gasteiger partial charge on any atom is -0.337 e. The topological polar surface area (TPSA) is 66.8 Å². The molecule has 1 saturated heterocycles. The summed E-state index contributed by atoms with van der Waals surface area (Å²) in [7, 11) is 1.90. The van der Waals surface area contributed by atoms with Crippen molar-refractivity contribution in [2.75, 3.05) is 13.1 Å². The molecule has 0 spiro atoms. The zero-order chi connectivity index (χ0) is 15.8. The van der Waals surface area contributed by atoms with Gasteiger partial charge in [0.2, 0.25) is 0 Å². The second-order valence-corrected chi connectivity index (χ2v) is 6.71. The van der Waals surface area contributed by atoms with E-state index >= 15 is 0 Å². The Morgan fingerprint density at radius 3 is 3.00 bits per heavy atom. The largest absolute Gasteiger partial charge is 0.337 e. The van der Waals surface area contributed by atoms with Gasteiger partial charge in [0.1, 0.15) is 5.69 Å². The van der Waals surface area contributed by atoms with E-state index in [2.05, 4.69) is 15.3 Å². The van der Waals surface area contributed by atoms with E-state index in [0.29, 0.717) is 5.92 Å². The number of nitrogens with zero attached hydrogens (tertiary/aromatic N) is 4. The lowest BCUT2D eigenvalue weighted by Crippen LogP contribution is -2.40. The highest BCUT2D eigenvalue weighted by molar-refractivity contribution is 5.94. The Labute approximate surface area is 135 Å². The molecule has 6 nitrogen and oxygen atoms in total. The fourth-order valence-electron chi connectivity index (χ4n) is 4.01. The normalized spacial score (nSPS) is 21.3. The number of aromatic nitrogens is 4. The maximum Gasteiger partial charge on any atom is 0.272 e. The maximum atomic E-state index is 13.1. The molecular weight excluding hydrogens is 290 g/mol. The van der Waals surface area contributed by atoms with Crippen LogP contribution in [0.5, 0.6) is 0 Å². The SMILES string of the molecule is Cn1nc2c(c1C(=O)N1CCC[C@@H](c3ccn[nH]3)C1)CCCC2. The van der Waals surface area contributed by atoms with Gasteiger partial charge in [-0.15, -0.1) is 0 Å². The number of fused-ring (bicyclic) bond motifs is 1. The predicted octanol–water partition coefficient (Wildman–Crippen LogP) is 2.04. The van der Waals surface area contributed by atoms with Crippen molar-refractivity contribution in [3.8, 4) is 0 Å².